The number of fused-ring (bicyclic) bond motifs is 2. The Balaban J connectivity index is 1.59. The lowest BCUT2D eigenvalue weighted by Gasteiger charge is -2.27. The topological polar surface area (TPSA) is 103 Å². The minimum absolute atomic E-state index is 0.242. The van der Waals surface area contributed by atoms with E-state index in [-0.39, 0.29) is 11.2 Å². The molecular formula is C18H18N4O4S. The molecule has 1 N–H and O–H groups in total. The number of benzene rings is 1. The van der Waals surface area contributed by atoms with Gasteiger partial charge < -0.3 is 10.1 Å². The molecule has 0 unspecified atom stereocenters. The highest BCUT2D eigenvalue weighted by Crippen LogP contribution is 2.31. The first-order valence-corrected chi connectivity index (χ1v) is 10.1. The van der Waals surface area contributed by atoms with E-state index in [4.69, 9.17) is 4.74 Å². The summed E-state index contributed by atoms with van der Waals surface area (Å²) in [4.78, 5) is 12.7. The molecule has 2 atom stereocenters. The van der Waals surface area contributed by atoms with Gasteiger partial charge in [0.05, 0.1) is 12.6 Å². The first kappa shape index (κ1) is 17.5. The van der Waals surface area contributed by atoms with Crippen LogP contribution >= 0.6 is 0 Å². The fraction of sp³-hybridized carbons (Fsp3) is 0.278. The van der Waals surface area contributed by atoms with E-state index in [2.05, 4.69) is 15.5 Å². The van der Waals surface area contributed by atoms with Crippen LogP contribution in [0, 0.1) is 0 Å². The van der Waals surface area contributed by atoms with Crippen molar-refractivity contribution < 1.29 is 17.9 Å². The normalized spacial score (nSPS) is 17.7. The lowest BCUT2D eigenvalue weighted by molar-refractivity contribution is -0.121. The van der Waals surface area contributed by atoms with Gasteiger partial charge in [-0.15, -0.1) is 10.2 Å². The Labute approximate surface area is 156 Å². The number of carbonyl (C=O) groups is 1. The van der Waals surface area contributed by atoms with Gasteiger partial charge in [0.2, 0.25) is 15.7 Å². The summed E-state index contributed by atoms with van der Waals surface area (Å²) >= 11 is 0. The lowest BCUT2D eigenvalue weighted by Crippen LogP contribution is -2.41. The molecule has 27 heavy (non-hydrogen) atoms. The number of nitrogens with one attached hydrogen (secondary N) is 1. The summed E-state index contributed by atoms with van der Waals surface area (Å²) in [5, 5.41) is 8.92. The maximum Gasteiger partial charge on any atom is 0.254 e. The molecule has 8 nitrogen and oxygen atoms in total. The first-order chi connectivity index (χ1) is 13.0. The van der Waals surface area contributed by atoms with E-state index >= 15 is 0 Å². The van der Waals surface area contributed by atoms with Crippen molar-refractivity contribution in [3.8, 4) is 5.75 Å². The highest BCUT2D eigenvalue weighted by atomic mass is 32.2. The molecule has 0 aliphatic carbocycles. The highest BCUT2D eigenvalue weighted by Gasteiger charge is 2.35. The van der Waals surface area contributed by atoms with Crippen LogP contribution in [0.15, 0.2) is 53.8 Å². The second-order valence-electron chi connectivity index (χ2n) is 6.33. The molecule has 1 aliphatic heterocycles. The summed E-state index contributed by atoms with van der Waals surface area (Å²) in [5.41, 5.74) is 1.25. The summed E-state index contributed by atoms with van der Waals surface area (Å²) in [6.45, 7) is 1.82. The van der Waals surface area contributed by atoms with Gasteiger partial charge in [-0.3, -0.25) is 9.20 Å². The first-order valence-electron chi connectivity index (χ1n) is 8.54. The Morgan fingerprint density at radius 3 is 2.85 bits per heavy atom. The van der Waals surface area contributed by atoms with Crippen molar-refractivity contribution in [2.45, 2.75) is 29.8 Å². The molecule has 0 bridgehead atoms. The molecular weight excluding hydrogens is 368 g/mol. The van der Waals surface area contributed by atoms with Crippen LogP contribution in [0.4, 0.5) is 0 Å². The average Bonchev–Trinajstić information content (AvgIpc) is 3.12. The van der Waals surface area contributed by atoms with Crippen molar-refractivity contribution in [1.29, 1.82) is 0 Å². The van der Waals surface area contributed by atoms with Crippen LogP contribution in [-0.4, -0.2) is 40.8 Å². The van der Waals surface area contributed by atoms with Crippen LogP contribution in [-0.2, 0) is 14.6 Å². The number of amides is 1. The third-order valence-electron chi connectivity index (χ3n) is 4.65. The average molecular weight is 386 g/mol. The standard InChI is InChI=1S/C18H18N4O4S/c1-12(27(24,25)18-21-20-16-8-4-5-10-22(16)18)17(23)19-14-9-11-26-15-7-3-2-6-13(14)15/h2-8,10,12,14H,9,11H2,1H3,(H,19,23)/t12-,14+/m0/s1. The van der Waals surface area contributed by atoms with Gasteiger partial charge >= 0.3 is 0 Å². The van der Waals surface area contributed by atoms with Crippen molar-refractivity contribution in [2.24, 2.45) is 0 Å². The third-order valence-corrected chi connectivity index (χ3v) is 6.58. The van der Waals surface area contributed by atoms with Gasteiger partial charge in [0, 0.05) is 18.2 Å². The van der Waals surface area contributed by atoms with Gasteiger partial charge in [-0.1, -0.05) is 24.3 Å². The summed E-state index contributed by atoms with van der Waals surface area (Å²) in [6, 6.07) is 12.2. The van der Waals surface area contributed by atoms with E-state index in [0.29, 0.717) is 24.4 Å². The third kappa shape index (κ3) is 3.03. The van der Waals surface area contributed by atoms with Gasteiger partial charge in [-0.05, 0) is 25.1 Å². The molecule has 4 rings (SSSR count). The van der Waals surface area contributed by atoms with E-state index in [1.807, 2.05) is 24.3 Å². The molecule has 1 aromatic carbocycles. The lowest BCUT2D eigenvalue weighted by atomic mass is 10.0. The predicted molar refractivity (Wildman–Crippen MR) is 97.1 cm³/mol. The molecule has 0 radical (unpaired) electrons. The maximum absolute atomic E-state index is 12.9. The smallest absolute Gasteiger partial charge is 0.254 e. The monoisotopic (exact) mass is 386 g/mol. The number of hydrogen-bond donors (Lipinski definition) is 1. The van der Waals surface area contributed by atoms with Crippen LogP contribution in [0.1, 0.15) is 24.9 Å². The van der Waals surface area contributed by atoms with Crippen molar-refractivity contribution >= 4 is 21.4 Å². The number of nitrogens with zero attached hydrogens (tertiary/aromatic N) is 3. The summed E-state index contributed by atoms with van der Waals surface area (Å²) < 4.78 is 32.8. The van der Waals surface area contributed by atoms with Gasteiger partial charge in [0.1, 0.15) is 11.0 Å². The van der Waals surface area contributed by atoms with Crippen molar-refractivity contribution in [2.75, 3.05) is 6.61 Å². The van der Waals surface area contributed by atoms with E-state index < -0.39 is 21.0 Å². The minimum Gasteiger partial charge on any atom is -0.493 e. The van der Waals surface area contributed by atoms with Crippen LogP contribution in [0.2, 0.25) is 0 Å². The number of carbonyl (C=O) groups excluding carboxylic acids is 1. The van der Waals surface area contributed by atoms with E-state index in [9.17, 15) is 13.2 Å². The second-order valence-corrected chi connectivity index (χ2v) is 8.50. The molecule has 3 aromatic rings. The maximum atomic E-state index is 12.9. The Morgan fingerprint density at radius 2 is 2.00 bits per heavy atom. The number of pyridine rings is 1. The van der Waals surface area contributed by atoms with Crippen LogP contribution < -0.4 is 10.1 Å². The molecule has 0 saturated carbocycles. The molecule has 0 saturated heterocycles. The van der Waals surface area contributed by atoms with Crippen LogP contribution in [0.3, 0.4) is 0 Å². The van der Waals surface area contributed by atoms with Gasteiger partial charge in [-0.25, -0.2) is 8.42 Å². The van der Waals surface area contributed by atoms with Crippen LogP contribution in [0.5, 0.6) is 5.75 Å². The number of rotatable bonds is 4. The molecule has 1 amide bonds. The Morgan fingerprint density at radius 1 is 1.22 bits per heavy atom. The fourth-order valence-electron chi connectivity index (χ4n) is 3.09. The number of sulfone groups is 1. The molecule has 3 heterocycles. The summed E-state index contributed by atoms with van der Waals surface area (Å²) in [6.07, 6.45) is 2.13. The van der Waals surface area contributed by atoms with E-state index in [1.54, 1.807) is 24.4 Å². The summed E-state index contributed by atoms with van der Waals surface area (Å²) in [5.74, 6) is 0.123. The number of hydrogen-bond acceptors (Lipinski definition) is 6. The minimum atomic E-state index is -4.00. The quantitative estimate of drug-likeness (QED) is 0.729. The predicted octanol–water partition coefficient (Wildman–Crippen LogP) is 1.53. The van der Waals surface area contributed by atoms with Crippen LogP contribution in [0.25, 0.3) is 5.65 Å². The SMILES string of the molecule is C[C@@H](C(=O)N[C@@H]1CCOc2ccccc21)S(=O)(=O)c1nnc2ccccn12. The van der Waals surface area contributed by atoms with Gasteiger partial charge in [0.15, 0.2) is 5.65 Å². The number of aromatic nitrogens is 3. The second kappa shape index (κ2) is 6.66. The van der Waals surface area contributed by atoms with E-state index in [0.717, 1.165) is 5.56 Å². The van der Waals surface area contributed by atoms with Crippen molar-refractivity contribution in [3.05, 3.63) is 54.2 Å². The molecule has 0 spiro atoms. The molecule has 0 fully saturated rings. The zero-order valence-electron chi connectivity index (χ0n) is 14.6. The van der Waals surface area contributed by atoms with Crippen molar-refractivity contribution in [3.63, 3.8) is 0 Å². The Hall–Kier alpha value is -2.94. The fourth-order valence-corrected chi connectivity index (χ4v) is 4.34. The largest absolute Gasteiger partial charge is 0.493 e. The molecule has 9 heteroatoms. The van der Waals surface area contributed by atoms with Gasteiger partial charge in [-0.2, -0.15) is 0 Å². The van der Waals surface area contributed by atoms with E-state index in [1.165, 1.54) is 11.3 Å². The highest BCUT2D eigenvalue weighted by molar-refractivity contribution is 7.92. The Bertz CT molecular complexity index is 1110. The zero-order valence-corrected chi connectivity index (χ0v) is 15.4. The molecule has 1 aliphatic rings. The number of para-hydroxylation sites is 1. The zero-order chi connectivity index (χ0) is 19.0. The van der Waals surface area contributed by atoms with Gasteiger partial charge in [0.25, 0.3) is 5.16 Å². The summed E-state index contributed by atoms with van der Waals surface area (Å²) in [7, 11) is -4.00. The van der Waals surface area contributed by atoms with Crippen molar-refractivity contribution in [1.82, 2.24) is 19.9 Å². The Kier molecular flexibility index (Phi) is 4.31. The molecule has 2 aromatic heterocycles. The molecule has 140 valence electrons. The number of ether oxygens (including phenoxy) is 1.